The summed E-state index contributed by atoms with van der Waals surface area (Å²) in [6.07, 6.45) is 11.7. The highest BCUT2D eigenvalue weighted by molar-refractivity contribution is 5.08. The van der Waals surface area contributed by atoms with Crippen molar-refractivity contribution in [3.05, 3.63) is 0 Å². The van der Waals surface area contributed by atoms with E-state index in [2.05, 4.69) is 0 Å². The molecule has 15 heavy (non-hydrogen) atoms. The molecule has 0 aromatic rings. The van der Waals surface area contributed by atoms with Gasteiger partial charge >= 0.3 is 0 Å². The highest BCUT2D eigenvalue weighted by atomic mass is 16.5. The molecule has 5 rings (SSSR count). The average Bonchev–Trinajstić information content (AvgIpc) is 2.26. The van der Waals surface area contributed by atoms with Crippen LogP contribution in [-0.4, -0.2) is 12.2 Å². The van der Waals surface area contributed by atoms with Gasteiger partial charge in [0.05, 0.1) is 5.60 Å². The first-order chi connectivity index (χ1) is 7.37. The van der Waals surface area contributed by atoms with E-state index in [1.165, 1.54) is 44.9 Å². The van der Waals surface area contributed by atoms with Crippen LogP contribution in [0.1, 0.15) is 51.4 Å². The summed E-state index contributed by atoms with van der Waals surface area (Å²) in [6.45, 7) is 1.06. The van der Waals surface area contributed by atoms with E-state index in [4.69, 9.17) is 4.74 Å². The molecule has 0 radical (unpaired) electrons. The molecule has 0 N–H and O–H groups in total. The van der Waals surface area contributed by atoms with Crippen molar-refractivity contribution in [3.63, 3.8) is 0 Å². The van der Waals surface area contributed by atoms with Crippen molar-refractivity contribution in [2.45, 2.75) is 57.0 Å². The molecule has 0 aromatic heterocycles. The Morgan fingerprint density at radius 1 is 0.800 bits per heavy atom. The van der Waals surface area contributed by atoms with Gasteiger partial charge in [0.1, 0.15) is 0 Å². The van der Waals surface area contributed by atoms with E-state index >= 15 is 0 Å². The standard InChI is InChI=1S/C14H22O/c1-2-4-15-14(3-1)12-6-10-5-11(8-12)9-13(14)7-10/h10-13H,1-9H2. The summed E-state index contributed by atoms with van der Waals surface area (Å²) in [5, 5.41) is 0. The maximum Gasteiger partial charge on any atom is 0.0738 e. The van der Waals surface area contributed by atoms with Gasteiger partial charge in [-0.25, -0.2) is 0 Å². The van der Waals surface area contributed by atoms with Crippen LogP contribution in [0, 0.1) is 23.7 Å². The molecule has 5 fully saturated rings. The molecular formula is C14H22O. The zero-order valence-corrected chi connectivity index (χ0v) is 9.58. The van der Waals surface area contributed by atoms with E-state index < -0.39 is 0 Å². The Labute approximate surface area is 92.6 Å². The Balaban J connectivity index is 1.69. The van der Waals surface area contributed by atoms with Crippen molar-refractivity contribution in [3.8, 4) is 0 Å². The molecule has 1 heteroatoms. The first-order valence-corrected chi connectivity index (χ1v) is 7.01. The second kappa shape index (κ2) is 3.00. The monoisotopic (exact) mass is 206 g/mol. The molecule has 1 aliphatic heterocycles. The van der Waals surface area contributed by atoms with Crippen LogP contribution in [0.4, 0.5) is 0 Å². The van der Waals surface area contributed by atoms with E-state index in [9.17, 15) is 0 Å². The fourth-order valence-corrected chi connectivity index (χ4v) is 5.46. The second-order valence-electron chi connectivity index (χ2n) is 6.56. The quantitative estimate of drug-likeness (QED) is 0.590. The van der Waals surface area contributed by atoms with Crippen LogP contribution in [0.2, 0.25) is 0 Å². The van der Waals surface area contributed by atoms with Crippen molar-refractivity contribution in [2.24, 2.45) is 23.7 Å². The minimum absolute atomic E-state index is 0.381. The fourth-order valence-electron chi connectivity index (χ4n) is 5.46. The first kappa shape index (κ1) is 9.04. The smallest absolute Gasteiger partial charge is 0.0738 e. The van der Waals surface area contributed by atoms with Gasteiger partial charge in [-0.15, -0.1) is 0 Å². The zero-order chi connectivity index (χ0) is 9.88. The van der Waals surface area contributed by atoms with E-state index in [1.54, 1.807) is 6.42 Å². The van der Waals surface area contributed by atoms with Gasteiger partial charge < -0.3 is 4.74 Å². The van der Waals surface area contributed by atoms with Crippen molar-refractivity contribution in [1.29, 1.82) is 0 Å². The summed E-state index contributed by atoms with van der Waals surface area (Å²) in [5.41, 5.74) is 0.381. The van der Waals surface area contributed by atoms with E-state index in [0.717, 1.165) is 30.3 Å². The third-order valence-electron chi connectivity index (χ3n) is 5.85. The summed E-state index contributed by atoms with van der Waals surface area (Å²) in [6, 6.07) is 0. The SMILES string of the molecule is C1CCC2(OC1)C1CC3CC(C1)CC2C3. The van der Waals surface area contributed by atoms with Crippen molar-refractivity contribution >= 4 is 0 Å². The maximum atomic E-state index is 6.34. The molecule has 4 bridgehead atoms. The highest BCUT2D eigenvalue weighted by Gasteiger charge is 2.58. The molecule has 4 aliphatic carbocycles. The van der Waals surface area contributed by atoms with Crippen LogP contribution >= 0.6 is 0 Å². The van der Waals surface area contributed by atoms with E-state index in [-0.39, 0.29) is 0 Å². The largest absolute Gasteiger partial charge is 0.374 e. The predicted octanol–water partition coefficient (Wildman–Crippen LogP) is 3.38. The second-order valence-corrected chi connectivity index (χ2v) is 6.56. The summed E-state index contributed by atoms with van der Waals surface area (Å²) >= 11 is 0. The number of rotatable bonds is 0. The van der Waals surface area contributed by atoms with Gasteiger partial charge in [-0.05, 0) is 75.0 Å². The first-order valence-electron chi connectivity index (χ1n) is 7.01. The normalized spacial score (nSPS) is 57.6. The minimum atomic E-state index is 0.381. The third kappa shape index (κ3) is 1.13. The topological polar surface area (TPSA) is 9.23 Å². The summed E-state index contributed by atoms with van der Waals surface area (Å²) < 4.78 is 6.34. The molecular weight excluding hydrogens is 184 g/mol. The van der Waals surface area contributed by atoms with Gasteiger partial charge in [-0.1, -0.05) is 0 Å². The molecule has 0 amide bonds. The summed E-state index contributed by atoms with van der Waals surface area (Å²) in [4.78, 5) is 0. The molecule has 0 aromatic carbocycles. The van der Waals surface area contributed by atoms with Crippen molar-refractivity contribution < 1.29 is 4.74 Å². The molecule has 0 unspecified atom stereocenters. The van der Waals surface area contributed by atoms with Gasteiger partial charge in [0, 0.05) is 6.61 Å². The van der Waals surface area contributed by atoms with Crippen LogP contribution in [0.5, 0.6) is 0 Å². The van der Waals surface area contributed by atoms with Crippen LogP contribution in [-0.2, 0) is 4.74 Å². The Bertz CT molecular complexity index is 235. The lowest BCUT2D eigenvalue weighted by atomic mass is 9.48. The van der Waals surface area contributed by atoms with Crippen LogP contribution in [0.15, 0.2) is 0 Å². The van der Waals surface area contributed by atoms with Crippen LogP contribution in [0.25, 0.3) is 0 Å². The number of hydrogen-bond donors (Lipinski definition) is 0. The van der Waals surface area contributed by atoms with Gasteiger partial charge in [-0.3, -0.25) is 0 Å². The zero-order valence-electron chi connectivity index (χ0n) is 9.58. The van der Waals surface area contributed by atoms with E-state index in [0.29, 0.717) is 5.60 Å². The van der Waals surface area contributed by atoms with Gasteiger partial charge in [-0.2, -0.15) is 0 Å². The van der Waals surface area contributed by atoms with Crippen molar-refractivity contribution in [2.75, 3.05) is 6.61 Å². The van der Waals surface area contributed by atoms with E-state index in [1.807, 2.05) is 0 Å². The molecule has 0 atom stereocenters. The molecule has 1 nitrogen and oxygen atoms in total. The lowest BCUT2D eigenvalue weighted by molar-refractivity contribution is -0.221. The molecule has 84 valence electrons. The average molecular weight is 206 g/mol. The summed E-state index contributed by atoms with van der Waals surface area (Å²) in [5.74, 6) is 4.08. The Kier molecular flexibility index (Phi) is 1.81. The highest BCUT2D eigenvalue weighted by Crippen LogP contribution is 2.61. The Hall–Kier alpha value is -0.0400. The van der Waals surface area contributed by atoms with Gasteiger partial charge in [0.2, 0.25) is 0 Å². The van der Waals surface area contributed by atoms with Crippen LogP contribution < -0.4 is 0 Å². The van der Waals surface area contributed by atoms with Crippen LogP contribution in [0.3, 0.4) is 0 Å². The van der Waals surface area contributed by atoms with Gasteiger partial charge in [0.15, 0.2) is 0 Å². The van der Waals surface area contributed by atoms with Crippen molar-refractivity contribution in [1.82, 2.24) is 0 Å². The summed E-state index contributed by atoms with van der Waals surface area (Å²) in [7, 11) is 0. The molecule has 5 aliphatic rings. The maximum absolute atomic E-state index is 6.34. The number of hydrogen-bond acceptors (Lipinski definition) is 1. The molecule has 1 heterocycles. The Morgan fingerprint density at radius 2 is 1.47 bits per heavy atom. The molecule has 1 saturated heterocycles. The fraction of sp³-hybridized carbons (Fsp3) is 1.00. The predicted molar refractivity (Wildman–Crippen MR) is 59.6 cm³/mol. The Morgan fingerprint density at radius 3 is 2.00 bits per heavy atom. The lowest BCUT2D eigenvalue weighted by Crippen LogP contribution is -2.60. The van der Waals surface area contributed by atoms with Gasteiger partial charge in [0.25, 0.3) is 0 Å². The number of ether oxygens (including phenoxy) is 1. The minimum Gasteiger partial charge on any atom is -0.374 e. The third-order valence-corrected chi connectivity index (χ3v) is 5.85. The molecule has 4 saturated carbocycles. The lowest BCUT2D eigenvalue weighted by Gasteiger charge is -2.62. The molecule has 1 spiro atoms.